The van der Waals surface area contributed by atoms with Crippen LogP contribution in [0.2, 0.25) is 0 Å². The summed E-state index contributed by atoms with van der Waals surface area (Å²) in [7, 11) is 0. The lowest BCUT2D eigenvalue weighted by Crippen LogP contribution is -2.33. The zero-order valence-corrected chi connectivity index (χ0v) is 5.16. The number of amides is 1. The molecule has 1 atom stereocenters. The first-order chi connectivity index (χ1) is 4.74. The van der Waals surface area contributed by atoms with Gasteiger partial charge in [-0.2, -0.15) is 5.26 Å². The highest BCUT2D eigenvalue weighted by atomic mass is 17.1. The minimum atomic E-state index is -0.800. The first kappa shape index (κ1) is 7.01. The average Bonchev–Trinajstić information content (AvgIpc) is 2.34. The predicted molar refractivity (Wildman–Crippen MR) is 29.9 cm³/mol. The second-order valence-electron chi connectivity index (χ2n) is 2.07. The van der Waals surface area contributed by atoms with Crippen LogP contribution in [0.15, 0.2) is 0 Å². The SMILES string of the molecule is O=C1CC[C@@H](C(=O)OO)N1. The van der Waals surface area contributed by atoms with E-state index in [1.54, 1.807) is 0 Å². The Morgan fingerprint density at radius 2 is 2.50 bits per heavy atom. The largest absolute Gasteiger partial charge is 0.364 e. The normalized spacial score (nSPS) is 24.1. The molecule has 0 aliphatic carbocycles. The van der Waals surface area contributed by atoms with E-state index < -0.39 is 12.0 Å². The number of carbonyl (C=O) groups excluding carboxylic acids is 2. The molecule has 1 saturated heterocycles. The van der Waals surface area contributed by atoms with Gasteiger partial charge in [-0.25, -0.2) is 4.79 Å². The summed E-state index contributed by atoms with van der Waals surface area (Å²) in [6.45, 7) is 0. The van der Waals surface area contributed by atoms with E-state index in [2.05, 4.69) is 10.2 Å². The number of carbonyl (C=O) groups is 2. The molecule has 0 aromatic heterocycles. The summed E-state index contributed by atoms with van der Waals surface area (Å²) in [6.07, 6.45) is 0.720. The summed E-state index contributed by atoms with van der Waals surface area (Å²) in [6, 6.07) is -0.655. The number of nitrogens with one attached hydrogen (secondary N) is 1. The molecule has 56 valence electrons. The van der Waals surface area contributed by atoms with Crippen molar-refractivity contribution in [2.75, 3.05) is 0 Å². The summed E-state index contributed by atoms with van der Waals surface area (Å²) in [5.74, 6) is -0.985. The first-order valence-electron chi connectivity index (χ1n) is 2.88. The second kappa shape index (κ2) is 2.66. The Morgan fingerprint density at radius 1 is 1.80 bits per heavy atom. The molecule has 1 fully saturated rings. The maximum Gasteiger partial charge on any atom is 0.364 e. The van der Waals surface area contributed by atoms with Crippen LogP contribution in [0.3, 0.4) is 0 Å². The molecule has 2 N–H and O–H groups in total. The van der Waals surface area contributed by atoms with E-state index in [1.165, 1.54) is 0 Å². The van der Waals surface area contributed by atoms with Gasteiger partial charge < -0.3 is 5.32 Å². The maximum absolute atomic E-state index is 10.5. The Kier molecular flexibility index (Phi) is 1.86. The molecule has 0 saturated carbocycles. The maximum atomic E-state index is 10.5. The van der Waals surface area contributed by atoms with E-state index in [0.717, 1.165) is 0 Å². The van der Waals surface area contributed by atoms with Crippen molar-refractivity contribution in [1.82, 2.24) is 5.32 Å². The zero-order valence-electron chi connectivity index (χ0n) is 5.16. The first-order valence-corrected chi connectivity index (χ1v) is 2.88. The molecule has 0 spiro atoms. The van der Waals surface area contributed by atoms with Crippen LogP contribution in [-0.2, 0) is 14.5 Å². The van der Waals surface area contributed by atoms with Crippen molar-refractivity contribution in [3.05, 3.63) is 0 Å². The molecule has 10 heavy (non-hydrogen) atoms. The standard InChI is InChI=1S/C5H7NO4/c7-4-2-1-3(6-4)5(8)10-9/h3,9H,1-2H2,(H,6,7)/t3-/m0/s1. The summed E-state index contributed by atoms with van der Waals surface area (Å²) >= 11 is 0. The van der Waals surface area contributed by atoms with Gasteiger partial charge >= 0.3 is 5.97 Å². The Balaban J connectivity index is 2.44. The number of hydrogen-bond donors (Lipinski definition) is 2. The minimum absolute atomic E-state index is 0.185. The van der Waals surface area contributed by atoms with Crippen molar-refractivity contribution < 1.29 is 19.7 Å². The second-order valence-corrected chi connectivity index (χ2v) is 2.07. The van der Waals surface area contributed by atoms with E-state index in [0.29, 0.717) is 12.8 Å². The molecule has 0 unspecified atom stereocenters. The van der Waals surface area contributed by atoms with Gasteiger partial charge in [-0.1, -0.05) is 0 Å². The van der Waals surface area contributed by atoms with Crippen molar-refractivity contribution in [3.63, 3.8) is 0 Å². The predicted octanol–water partition coefficient (Wildman–Crippen LogP) is -0.719. The molecule has 0 aromatic rings. The van der Waals surface area contributed by atoms with Gasteiger partial charge in [0, 0.05) is 6.42 Å². The van der Waals surface area contributed by atoms with Crippen LogP contribution in [0.5, 0.6) is 0 Å². The molecule has 1 heterocycles. The highest BCUT2D eigenvalue weighted by Gasteiger charge is 2.28. The van der Waals surface area contributed by atoms with Crippen molar-refractivity contribution in [2.24, 2.45) is 0 Å². The lowest BCUT2D eigenvalue weighted by atomic mass is 10.2. The number of rotatable bonds is 1. The number of hydrogen-bond acceptors (Lipinski definition) is 4. The highest BCUT2D eigenvalue weighted by molar-refractivity contribution is 5.87. The molecule has 5 nitrogen and oxygen atoms in total. The smallest absolute Gasteiger partial charge is 0.343 e. The topological polar surface area (TPSA) is 75.6 Å². The molecule has 1 aliphatic rings. The average molecular weight is 145 g/mol. The van der Waals surface area contributed by atoms with E-state index in [-0.39, 0.29) is 5.91 Å². The van der Waals surface area contributed by atoms with Gasteiger partial charge in [-0.15, -0.1) is 0 Å². The fourth-order valence-electron chi connectivity index (χ4n) is 0.854. The van der Waals surface area contributed by atoms with Crippen LogP contribution in [0, 0.1) is 0 Å². The minimum Gasteiger partial charge on any atom is -0.343 e. The van der Waals surface area contributed by atoms with Gasteiger partial charge in [-0.05, 0) is 6.42 Å². The summed E-state index contributed by atoms with van der Waals surface area (Å²) in [5.41, 5.74) is 0. The van der Waals surface area contributed by atoms with Crippen molar-refractivity contribution >= 4 is 11.9 Å². The third-order valence-electron chi connectivity index (χ3n) is 1.37. The molecule has 1 rings (SSSR count). The van der Waals surface area contributed by atoms with Gasteiger partial charge in [0.1, 0.15) is 6.04 Å². The van der Waals surface area contributed by atoms with Gasteiger partial charge in [0.15, 0.2) is 0 Å². The molecule has 1 amide bonds. The van der Waals surface area contributed by atoms with Crippen molar-refractivity contribution in [2.45, 2.75) is 18.9 Å². The third-order valence-corrected chi connectivity index (χ3v) is 1.37. The molecule has 5 heteroatoms. The summed E-state index contributed by atoms with van der Waals surface area (Å²) in [5, 5.41) is 10.2. The Labute approximate surface area is 56.9 Å². The van der Waals surface area contributed by atoms with Crippen molar-refractivity contribution in [1.29, 1.82) is 0 Å². The molecular weight excluding hydrogens is 138 g/mol. The van der Waals surface area contributed by atoms with E-state index in [1.807, 2.05) is 0 Å². The monoisotopic (exact) mass is 145 g/mol. The molecule has 0 bridgehead atoms. The lowest BCUT2D eigenvalue weighted by molar-refractivity contribution is -0.236. The summed E-state index contributed by atoms with van der Waals surface area (Å²) < 4.78 is 0. The highest BCUT2D eigenvalue weighted by Crippen LogP contribution is 2.06. The van der Waals surface area contributed by atoms with E-state index in [4.69, 9.17) is 5.26 Å². The Morgan fingerprint density at radius 3 is 2.90 bits per heavy atom. The van der Waals surface area contributed by atoms with Crippen LogP contribution in [-0.4, -0.2) is 23.2 Å². The van der Waals surface area contributed by atoms with Crippen LogP contribution >= 0.6 is 0 Å². The van der Waals surface area contributed by atoms with Crippen LogP contribution in [0.1, 0.15) is 12.8 Å². The Hall–Kier alpha value is -1.10. The summed E-state index contributed by atoms with van der Waals surface area (Å²) in [4.78, 5) is 24.4. The van der Waals surface area contributed by atoms with Gasteiger partial charge in [0.2, 0.25) is 5.91 Å². The quantitative estimate of drug-likeness (QED) is 0.377. The lowest BCUT2D eigenvalue weighted by Gasteiger charge is -2.02. The fourth-order valence-corrected chi connectivity index (χ4v) is 0.854. The molecule has 0 aromatic carbocycles. The molecule has 0 radical (unpaired) electrons. The van der Waals surface area contributed by atoms with Gasteiger partial charge in [-0.3, -0.25) is 9.68 Å². The fraction of sp³-hybridized carbons (Fsp3) is 0.600. The molecular formula is C5H7NO4. The molecule has 1 aliphatic heterocycles. The third kappa shape index (κ3) is 1.24. The van der Waals surface area contributed by atoms with Crippen LogP contribution in [0.25, 0.3) is 0 Å². The van der Waals surface area contributed by atoms with E-state index >= 15 is 0 Å². The van der Waals surface area contributed by atoms with E-state index in [9.17, 15) is 9.59 Å². The Bertz CT molecular complexity index is 167. The van der Waals surface area contributed by atoms with Gasteiger partial charge in [0.25, 0.3) is 0 Å². The van der Waals surface area contributed by atoms with Gasteiger partial charge in [0.05, 0.1) is 0 Å². The van der Waals surface area contributed by atoms with Crippen LogP contribution in [0.4, 0.5) is 0 Å². The zero-order chi connectivity index (χ0) is 7.56. The van der Waals surface area contributed by atoms with Crippen LogP contribution < -0.4 is 5.32 Å². The van der Waals surface area contributed by atoms with Crippen molar-refractivity contribution in [3.8, 4) is 0 Å².